The Hall–Kier alpha value is -1.35. The maximum Gasteiger partial charge on any atom is 0.137 e. The molecule has 2 rings (SSSR count). The molecule has 0 saturated carbocycles. The molecule has 0 saturated heterocycles. The molecule has 0 spiro atoms. The lowest BCUT2D eigenvalue weighted by atomic mass is 10.1. The van der Waals surface area contributed by atoms with E-state index in [-0.39, 0.29) is 6.04 Å². The van der Waals surface area contributed by atoms with Crippen LogP contribution < -0.4 is 5.73 Å². The molecule has 0 bridgehead atoms. The third-order valence-corrected chi connectivity index (χ3v) is 1.97. The van der Waals surface area contributed by atoms with E-state index in [4.69, 9.17) is 5.73 Å². The van der Waals surface area contributed by atoms with E-state index in [1.54, 1.807) is 6.20 Å². The summed E-state index contributed by atoms with van der Waals surface area (Å²) in [4.78, 5) is 7.25. The molecule has 2 heterocycles. The molecular formula is C9H11N3. The van der Waals surface area contributed by atoms with Crippen LogP contribution in [-0.2, 0) is 0 Å². The van der Waals surface area contributed by atoms with Crippen molar-refractivity contribution in [1.29, 1.82) is 0 Å². The van der Waals surface area contributed by atoms with Crippen molar-refractivity contribution in [2.75, 3.05) is 0 Å². The first-order chi connectivity index (χ1) is 5.79. The first-order valence-corrected chi connectivity index (χ1v) is 3.96. The third kappa shape index (κ3) is 0.987. The van der Waals surface area contributed by atoms with Crippen molar-refractivity contribution in [3.05, 3.63) is 30.1 Å². The molecule has 2 aromatic rings. The fraction of sp³-hybridized carbons (Fsp3) is 0.222. The highest BCUT2D eigenvalue weighted by atomic mass is 14.8. The largest absolute Gasteiger partial charge is 0.346 e. The Bertz CT molecular complexity index is 389. The van der Waals surface area contributed by atoms with E-state index in [1.165, 1.54) is 0 Å². The highest BCUT2D eigenvalue weighted by molar-refractivity contribution is 5.79. The predicted octanol–water partition coefficient (Wildman–Crippen LogP) is 1.58. The minimum Gasteiger partial charge on any atom is -0.346 e. The van der Waals surface area contributed by atoms with Crippen molar-refractivity contribution in [3.8, 4) is 0 Å². The van der Waals surface area contributed by atoms with Gasteiger partial charge in [0, 0.05) is 23.8 Å². The second kappa shape index (κ2) is 2.60. The number of nitrogens with zero attached hydrogens (tertiary/aromatic N) is 1. The predicted molar refractivity (Wildman–Crippen MR) is 48.7 cm³/mol. The number of hydrogen-bond donors (Lipinski definition) is 2. The van der Waals surface area contributed by atoms with Crippen molar-refractivity contribution >= 4 is 11.0 Å². The number of nitrogens with two attached hydrogens (primary N) is 1. The van der Waals surface area contributed by atoms with Gasteiger partial charge in [-0.15, -0.1) is 0 Å². The van der Waals surface area contributed by atoms with E-state index in [1.807, 2.05) is 25.3 Å². The maximum absolute atomic E-state index is 5.78. The fourth-order valence-electron chi connectivity index (χ4n) is 1.35. The average Bonchev–Trinajstić information content (AvgIpc) is 2.47. The molecule has 2 aromatic heterocycles. The Morgan fingerprint density at radius 2 is 2.42 bits per heavy atom. The SMILES string of the molecule is CC(N)c1c[nH]c2ncccc12. The Labute approximate surface area is 70.6 Å². The number of aromatic nitrogens is 2. The van der Waals surface area contributed by atoms with Crippen LogP contribution in [0.4, 0.5) is 0 Å². The summed E-state index contributed by atoms with van der Waals surface area (Å²) in [7, 11) is 0. The molecule has 1 atom stereocenters. The van der Waals surface area contributed by atoms with Crippen molar-refractivity contribution < 1.29 is 0 Å². The zero-order valence-corrected chi connectivity index (χ0v) is 6.91. The number of pyridine rings is 1. The topological polar surface area (TPSA) is 54.7 Å². The molecule has 1 unspecified atom stereocenters. The number of H-pyrrole nitrogens is 1. The molecule has 62 valence electrons. The van der Waals surface area contributed by atoms with Gasteiger partial charge in [0.15, 0.2) is 0 Å². The minimum atomic E-state index is 0.0583. The molecule has 0 aromatic carbocycles. The molecule has 0 amide bonds. The fourth-order valence-corrected chi connectivity index (χ4v) is 1.35. The van der Waals surface area contributed by atoms with Gasteiger partial charge in [-0.3, -0.25) is 0 Å². The lowest BCUT2D eigenvalue weighted by molar-refractivity contribution is 0.826. The summed E-state index contributed by atoms with van der Waals surface area (Å²) in [5.41, 5.74) is 7.81. The number of rotatable bonds is 1. The summed E-state index contributed by atoms with van der Waals surface area (Å²) in [6, 6.07) is 4.00. The van der Waals surface area contributed by atoms with Gasteiger partial charge in [0.05, 0.1) is 0 Å². The molecule has 3 N–H and O–H groups in total. The minimum absolute atomic E-state index is 0.0583. The monoisotopic (exact) mass is 161 g/mol. The molecular weight excluding hydrogens is 150 g/mol. The molecule has 0 aliphatic carbocycles. The zero-order valence-electron chi connectivity index (χ0n) is 6.91. The van der Waals surface area contributed by atoms with E-state index in [9.17, 15) is 0 Å². The maximum atomic E-state index is 5.78. The van der Waals surface area contributed by atoms with Gasteiger partial charge in [-0.25, -0.2) is 4.98 Å². The Morgan fingerprint density at radius 1 is 1.58 bits per heavy atom. The van der Waals surface area contributed by atoms with Crippen LogP contribution in [0.5, 0.6) is 0 Å². The zero-order chi connectivity index (χ0) is 8.55. The summed E-state index contributed by atoms with van der Waals surface area (Å²) in [5.74, 6) is 0. The Morgan fingerprint density at radius 3 is 3.17 bits per heavy atom. The summed E-state index contributed by atoms with van der Waals surface area (Å²) in [6.45, 7) is 1.97. The standard InChI is InChI=1S/C9H11N3/c1-6(10)8-5-12-9-7(8)3-2-4-11-9/h2-6H,10H2,1H3,(H,11,12). The van der Waals surface area contributed by atoms with Gasteiger partial charge in [-0.05, 0) is 24.6 Å². The number of nitrogens with one attached hydrogen (secondary N) is 1. The van der Waals surface area contributed by atoms with Gasteiger partial charge in [-0.2, -0.15) is 0 Å². The normalized spacial score (nSPS) is 13.5. The Balaban J connectivity index is 2.70. The van der Waals surface area contributed by atoms with Crippen LogP contribution in [0.2, 0.25) is 0 Å². The molecule has 12 heavy (non-hydrogen) atoms. The van der Waals surface area contributed by atoms with Gasteiger partial charge in [0.1, 0.15) is 5.65 Å². The summed E-state index contributed by atoms with van der Waals surface area (Å²) in [5, 5.41) is 1.12. The molecule has 0 fully saturated rings. The van der Waals surface area contributed by atoms with Gasteiger partial charge in [-0.1, -0.05) is 0 Å². The van der Waals surface area contributed by atoms with E-state index >= 15 is 0 Å². The van der Waals surface area contributed by atoms with E-state index < -0.39 is 0 Å². The average molecular weight is 161 g/mol. The van der Waals surface area contributed by atoms with Crippen LogP contribution in [0.15, 0.2) is 24.5 Å². The summed E-state index contributed by atoms with van der Waals surface area (Å²) >= 11 is 0. The van der Waals surface area contributed by atoms with Crippen molar-refractivity contribution in [1.82, 2.24) is 9.97 Å². The second-order valence-electron chi connectivity index (χ2n) is 2.93. The van der Waals surface area contributed by atoms with Crippen LogP contribution in [0, 0.1) is 0 Å². The first-order valence-electron chi connectivity index (χ1n) is 3.96. The van der Waals surface area contributed by atoms with E-state index in [0.29, 0.717) is 0 Å². The van der Waals surface area contributed by atoms with Gasteiger partial charge in [0.25, 0.3) is 0 Å². The highest BCUT2D eigenvalue weighted by Crippen LogP contribution is 2.20. The summed E-state index contributed by atoms with van der Waals surface area (Å²) in [6.07, 6.45) is 3.69. The van der Waals surface area contributed by atoms with Crippen LogP contribution in [0.1, 0.15) is 18.5 Å². The molecule has 3 heteroatoms. The number of aromatic amines is 1. The lowest BCUT2D eigenvalue weighted by Gasteiger charge is -2.00. The molecule has 0 aliphatic rings. The number of fused-ring (bicyclic) bond motifs is 1. The second-order valence-corrected chi connectivity index (χ2v) is 2.93. The molecule has 0 aliphatic heterocycles. The van der Waals surface area contributed by atoms with Crippen LogP contribution >= 0.6 is 0 Å². The number of hydrogen-bond acceptors (Lipinski definition) is 2. The lowest BCUT2D eigenvalue weighted by Crippen LogP contribution is -2.03. The van der Waals surface area contributed by atoms with Crippen molar-refractivity contribution in [2.45, 2.75) is 13.0 Å². The van der Waals surface area contributed by atoms with Crippen LogP contribution in [0.25, 0.3) is 11.0 Å². The first kappa shape index (κ1) is 7.31. The molecule has 0 radical (unpaired) electrons. The van der Waals surface area contributed by atoms with Crippen molar-refractivity contribution in [3.63, 3.8) is 0 Å². The smallest absolute Gasteiger partial charge is 0.137 e. The van der Waals surface area contributed by atoms with E-state index in [2.05, 4.69) is 9.97 Å². The summed E-state index contributed by atoms with van der Waals surface area (Å²) < 4.78 is 0. The van der Waals surface area contributed by atoms with Gasteiger partial charge >= 0.3 is 0 Å². The van der Waals surface area contributed by atoms with Gasteiger partial charge in [0.2, 0.25) is 0 Å². The van der Waals surface area contributed by atoms with E-state index in [0.717, 1.165) is 16.6 Å². The highest BCUT2D eigenvalue weighted by Gasteiger charge is 2.06. The Kier molecular flexibility index (Phi) is 1.59. The van der Waals surface area contributed by atoms with Crippen molar-refractivity contribution in [2.24, 2.45) is 5.73 Å². The quantitative estimate of drug-likeness (QED) is 0.667. The van der Waals surface area contributed by atoms with Gasteiger partial charge < -0.3 is 10.7 Å². The molecule has 3 nitrogen and oxygen atoms in total. The van der Waals surface area contributed by atoms with Crippen LogP contribution in [0.3, 0.4) is 0 Å². The van der Waals surface area contributed by atoms with Crippen LogP contribution in [-0.4, -0.2) is 9.97 Å². The third-order valence-electron chi connectivity index (χ3n) is 1.97.